The zero-order chi connectivity index (χ0) is 11.3. The first kappa shape index (κ1) is 11.2. The van der Waals surface area contributed by atoms with E-state index in [1.807, 2.05) is 0 Å². The van der Waals surface area contributed by atoms with Crippen molar-refractivity contribution in [2.45, 2.75) is 13.3 Å². The highest BCUT2D eigenvalue weighted by atomic mass is 19.3. The SMILES string of the molecule is CCC(=O)Oc1ccccc1C(=O)OF. The molecule has 0 spiro atoms. The zero-order valence-corrected chi connectivity index (χ0v) is 8.03. The monoisotopic (exact) mass is 212 g/mol. The summed E-state index contributed by atoms with van der Waals surface area (Å²) in [5, 5.41) is 0. The Hall–Kier alpha value is -1.91. The fourth-order valence-electron chi connectivity index (χ4n) is 0.961. The number of hydrogen-bond acceptors (Lipinski definition) is 4. The summed E-state index contributed by atoms with van der Waals surface area (Å²) < 4.78 is 16.5. The van der Waals surface area contributed by atoms with E-state index in [4.69, 9.17) is 4.74 Å². The van der Waals surface area contributed by atoms with Crippen LogP contribution in [0.3, 0.4) is 0 Å². The molecular formula is C10H9FO4. The van der Waals surface area contributed by atoms with Gasteiger partial charge in [-0.25, -0.2) is 9.74 Å². The second-order valence-electron chi connectivity index (χ2n) is 2.69. The van der Waals surface area contributed by atoms with Gasteiger partial charge in [-0.2, -0.15) is 0 Å². The van der Waals surface area contributed by atoms with Gasteiger partial charge in [0.25, 0.3) is 0 Å². The van der Waals surface area contributed by atoms with E-state index in [2.05, 4.69) is 4.94 Å². The lowest BCUT2D eigenvalue weighted by molar-refractivity contribution is -0.134. The lowest BCUT2D eigenvalue weighted by Gasteiger charge is -2.05. The van der Waals surface area contributed by atoms with Crippen LogP contribution in [0.1, 0.15) is 23.7 Å². The van der Waals surface area contributed by atoms with Crippen LogP contribution < -0.4 is 4.74 Å². The Morgan fingerprint density at radius 1 is 1.33 bits per heavy atom. The molecule has 1 aromatic carbocycles. The summed E-state index contributed by atoms with van der Waals surface area (Å²) in [4.78, 5) is 25.0. The molecule has 0 bridgehead atoms. The number of carbonyl (C=O) groups is 2. The van der Waals surface area contributed by atoms with Gasteiger partial charge in [0.05, 0.1) is 0 Å². The van der Waals surface area contributed by atoms with Gasteiger partial charge < -0.3 is 4.74 Å². The molecule has 0 aliphatic heterocycles. The fraction of sp³-hybridized carbons (Fsp3) is 0.200. The topological polar surface area (TPSA) is 52.6 Å². The van der Waals surface area contributed by atoms with Crippen LogP contribution in [0.4, 0.5) is 4.53 Å². The van der Waals surface area contributed by atoms with Crippen LogP contribution in [0.2, 0.25) is 0 Å². The molecule has 0 aliphatic carbocycles. The molecule has 0 unspecified atom stereocenters. The van der Waals surface area contributed by atoms with Crippen LogP contribution in [0.25, 0.3) is 0 Å². The summed E-state index contributed by atoms with van der Waals surface area (Å²) in [7, 11) is 0. The first-order chi connectivity index (χ1) is 7.19. The third kappa shape index (κ3) is 2.77. The van der Waals surface area contributed by atoms with E-state index in [0.29, 0.717) is 0 Å². The average Bonchev–Trinajstić information content (AvgIpc) is 2.28. The van der Waals surface area contributed by atoms with E-state index >= 15 is 0 Å². The molecule has 0 radical (unpaired) electrons. The number of esters is 1. The molecular weight excluding hydrogens is 203 g/mol. The average molecular weight is 212 g/mol. The van der Waals surface area contributed by atoms with Crippen molar-refractivity contribution >= 4 is 11.9 Å². The highest BCUT2D eigenvalue weighted by Crippen LogP contribution is 2.19. The standard InChI is InChI=1S/C10H9FO4/c1-2-9(12)14-8-6-4-3-5-7(8)10(13)15-11/h3-6H,2H2,1H3. The van der Waals surface area contributed by atoms with Crippen molar-refractivity contribution in [3.05, 3.63) is 29.8 Å². The third-order valence-electron chi connectivity index (χ3n) is 1.69. The smallest absolute Gasteiger partial charge is 0.383 e. The minimum absolute atomic E-state index is 0.00741. The molecule has 4 nitrogen and oxygen atoms in total. The van der Waals surface area contributed by atoms with E-state index in [1.54, 1.807) is 13.0 Å². The van der Waals surface area contributed by atoms with Gasteiger partial charge in [0.2, 0.25) is 0 Å². The van der Waals surface area contributed by atoms with Gasteiger partial charge in [-0.15, -0.1) is 0 Å². The second-order valence-corrected chi connectivity index (χ2v) is 2.69. The van der Waals surface area contributed by atoms with E-state index in [0.717, 1.165) is 0 Å². The maximum Gasteiger partial charge on any atom is 0.383 e. The van der Waals surface area contributed by atoms with Crippen molar-refractivity contribution < 1.29 is 23.8 Å². The molecule has 0 amide bonds. The van der Waals surface area contributed by atoms with E-state index < -0.39 is 11.9 Å². The Morgan fingerprint density at radius 3 is 2.60 bits per heavy atom. The summed E-state index contributed by atoms with van der Waals surface area (Å²) in [5.41, 5.74) is -0.123. The molecule has 80 valence electrons. The maximum atomic E-state index is 11.7. The predicted octanol–water partition coefficient (Wildman–Crippen LogP) is 2.04. The number of benzene rings is 1. The van der Waals surface area contributed by atoms with Crippen LogP contribution in [0.15, 0.2) is 24.3 Å². The van der Waals surface area contributed by atoms with Crippen molar-refractivity contribution in [3.63, 3.8) is 0 Å². The first-order valence-corrected chi connectivity index (χ1v) is 4.31. The normalized spacial score (nSPS) is 9.47. The van der Waals surface area contributed by atoms with E-state index in [1.165, 1.54) is 18.2 Å². The number of rotatable bonds is 3. The molecule has 0 heterocycles. The summed E-state index contributed by atoms with van der Waals surface area (Å²) in [5.74, 6) is -1.70. The summed E-state index contributed by atoms with van der Waals surface area (Å²) in [6.07, 6.45) is 0.166. The first-order valence-electron chi connectivity index (χ1n) is 4.31. The summed E-state index contributed by atoms with van der Waals surface area (Å²) >= 11 is 0. The Morgan fingerprint density at radius 2 is 2.00 bits per heavy atom. The fourth-order valence-corrected chi connectivity index (χ4v) is 0.961. The predicted molar refractivity (Wildman–Crippen MR) is 48.9 cm³/mol. The van der Waals surface area contributed by atoms with Crippen molar-refractivity contribution in [2.75, 3.05) is 0 Å². The number of carbonyl (C=O) groups excluding carboxylic acids is 2. The lowest BCUT2D eigenvalue weighted by Crippen LogP contribution is -2.09. The molecule has 1 aromatic rings. The Balaban J connectivity index is 2.96. The zero-order valence-electron chi connectivity index (χ0n) is 8.03. The van der Waals surface area contributed by atoms with Crippen molar-refractivity contribution in [3.8, 4) is 5.75 Å². The quantitative estimate of drug-likeness (QED) is 0.568. The Labute approximate surface area is 85.5 Å². The van der Waals surface area contributed by atoms with Crippen molar-refractivity contribution in [1.82, 2.24) is 0 Å². The molecule has 0 aliphatic rings. The molecule has 0 fully saturated rings. The molecule has 15 heavy (non-hydrogen) atoms. The number of hydrogen-bond donors (Lipinski definition) is 0. The largest absolute Gasteiger partial charge is 0.426 e. The minimum atomic E-state index is -1.19. The van der Waals surface area contributed by atoms with Crippen molar-refractivity contribution in [1.29, 1.82) is 0 Å². The molecule has 0 aromatic heterocycles. The van der Waals surface area contributed by atoms with Crippen molar-refractivity contribution in [2.24, 2.45) is 0 Å². The Kier molecular flexibility index (Phi) is 3.79. The number of para-hydroxylation sites is 1. The van der Waals surface area contributed by atoms with Crippen LogP contribution in [-0.4, -0.2) is 11.9 Å². The highest BCUT2D eigenvalue weighted by molar-refractivity contribution is 5.93. The molecule has 0 saturated carbocycles. The lowest BCUT2D eigenvalue weighted by atomic mass is 10.2. The number of halogens is 1. The van der Waals surface area contributed by atoms with E-state index in [9.17, 15) is 14.1 Å². The highest BCUT2D eigenvalue weighted by Gasteiger charge is 2.15. The summed E-state index contributed by atoms with van der Waals surface area (Å²) in [6, 6.07) is 5.77. The van der Waals surface area contributed by atoms with Crippen LogP contribution in [-0.2, 0) is 9.74 Å². The second kappa shape index (κ2) is 5.09. The molecule has 5 heteroatoms. The number of ether oxygens (including phenoxy) is 1. The third-order valence-corrected chi connectivity index (χ3v) is 1.69. The van der Waals surface area contributed by atoms with Gasteiger partial charge in [-0.05, 0) is 12.1 Å². The molecule has 0 atom stereocenters. The van der Waals surface area contributed by atoms with Gasteiger partial charge in [0, 0.05) is 10.9 Å². The van der Waals surface area contributed by atoms with Gasteiger partial charge >= 0.3 is 11.9 Å². The summed E-state index contributed by atoms with van der Waals surface area (Å²) in [6.45, 7) is 1.61. The van der Waals surface area contributed by atoms with Gasteiger partial charge in [0.1, 0.15) is 11.3 Å². The van der Waals surface area contributed by atoms with Gasteiger partial charge in [0.15, 0.2) is 0 Å². The molecule has 1 rings (SSSR count). The molecule has 0 N–H and O–H groups in total. The van der Waals surface area contributed by atoms with Gasteiger partial charge in [-0.3, -0.25) is 4.79 Å². The van der Waals surface area contributed by atoms with Crippen LogP contribution in [0.5, 0.6) is 5.75 Å². The maximum absolute atomic E-state index is 11.7. The van der Waals surface area contributed by atoms with Gasteiger partial charge in [-0.1, -0.05) is 19.1 Å². The Bertz CT molecular complexity index is 375. The van der Waals surface area contributed by atoms with E-state index in [-0.39, 0.29) is 17.7 Å². The van der Waals surface area contributed by atoms with Crippen LogP contribution >= 0.6 is 0 Å². The van der Waals surface area contributed by atoms with Crippen LogP contribution in [0, 0.1) is 0 Å². The minimum Gasteiger partial charge on any atom is -0.426 e. The molecule has 0 saturated heterocycles.